The number of fused-ring (bicyclic) bond motifs is 1. The summed E-state index contributed by atoms with van der Waals surface area (Å²) in [7, 11) is 1.33. The summed E-state index contributed by atoms with van der Waals surface area (Å²) in [5.74, 6) is -0.524. The van der Waals surface area contributed by atoms with Crippen molar-refractivity contribution in [2.45, 2.75) is 33.2 Å². The van der Waals surface area contributed by atoms with Gasteiger partial charge in [-0.15, -0.1) is 0 Å². The molecule has 1 aromatic carbocycles. The van der Waals surface area contributed by atoms with Crippen molar-refractivity contribution in [3.05, 3.63) is 46.1 Å². The van der Waals surface area contributed by atoms with E-state index in [1.807, 2.05) is 12.1 Å². The number of carbonyl (C=O) groups excluding carboxylic acids is 2. The first-order chi connectivity index (χ1) is 12.4. The van der Waals surface area contributed by atoms with E-state index < -0.39 is 11.9 Å². The Bertz CT molecular complexity index is 1040. The monoisotopic (exact) mass is 373 g/mol. The zero-order valence-electron chi connectivity index (χ0n) is 15.0. The number of aryl methyl sites for hydroxylation is 1. The summed E-state index contributed by atoms with van der Waals surface area (Å²) in [6.45, 7) is 5.92. The Kier molecular flexibility index (Phi) is 5.03. The summed E-state index contributed by atoms with van der Waals surface area (Å²) in [6, 6.07) is 7.53. The van der Waals surface area contributed by atoms with Crippen LogP contribution in [0.4, 0.5) is 0 Å². The van der Waals surface area contributed by atoms with Gasteiger partial charge in [0.05, 0.1) is 23.0 Å². The van der Waals surface area contributed by atoms with Crippen molar-refractivity contribution >= 4 is 33.4 Å². The van der Waals surface area contributed by atoms with E-state index >= 15 is 0 Å². The summed E-state index contributed by atoms with van der Waals surface area (Å²) in [4.78, 5) is 28.7. The molecule has 2 heterocycles. The molecule has 2 aromatic heterocycles. The molecule has 3 rings (SSSR count). The second kappa shape index (κ2) is 7.25. The molecule has 0 unspecified atom stereocenters. The standard InChI is InChI=1S/C18H19N3O4S/c1-10(2)12-5-6-13-15(8-12)26-18(21(13)9-16(22)24-4)19-17(23)14-7-11(3)20-25-14/h5-8,10H,9H2,1-4H3. The van der Waals surface area contributed by atoms with E-state index in [0.29, 0.717) is 16.4 Å². The van der Waals surface area contributed by atoms with Crippen LogP contribution in [0.3, 0.4) is 0 Å². The van der Waals surface area contributed by atoms with Gasteiger partial charge in [-0.25, -0.2) is 0 Å². The number of thiazole rings is 1. The van der Waals surface area contributed by atoms with Crippen molar-refractivity contribution in [2.24, 2.45) is 4.99 Å². The highest BCUT2D eigenvalue weighted by Gasteiger charge is 2.15. The van der Waals surface area contributed by atoms with Gasteiger partial charge in [0.2, 0.25) is 5.76 Å². The molecule has 136 valence electrons. The Morgan fingerprint density at radius 2 is 2.12 bits per heavy atom. The highest BCUT2D eigenvalue weighted by atomic mass is 32.1. The van der Waals surface area contributed by atoms with Gasteiger partial charge < -0.3 is 13.8 Å². The topological polar surface area (TPSA) is 86.7 Å². The minimum absolute atomic E-state index is 0.0287. The van der Waals surface area contributed by atoms with Gasteiger partial charge in [-0.05, 0) is 30.5 Å². The van der Waals surface area contributed by atoms with Crippen LogP contribution in [0.5, 0.6) is 0 Å². The van der Waals surface area contributed by atoms with Gasteiger partial charge in [-0.2, -0.15) is 4.99 Å². The number of nitrogens with zero attached hydrogens (tertiary/aromatic N) is 3. The van der Waals surface area contributed by atoms with Crippen LogP contribution in [0.1, 0.15) is 41.6 Å². The first-order valence-electron chi connectivity index (χ1n) is 8.11. The number of aromatic nitrogens is 2. The number of ether oxygens (including phenoxy) is 1. The number of rotatable bonds is 4. The van der Waals surface area contributed by atoms with Crippen molar-refractivity contribution in [1.29, 1.82) is 0 Å². The molecule has 0 aliphatic carbocycles. The maximum atomic E-state index is 12.4. The molecule has 0 radical (unpaired) electrons. The third-order valence-electron chi connectivity index (χ3n) is 3.92. The van der Waals surface area contributed by atoms with Crippen LogP contribution >= 0.6 is 11.3 Å². The lowest BCUT2D eigenvalue weighted by Crippen LogP contribution is -2.22. The minimum Gasteiger partial charge on any atom is -0.468 e. The second-order valence-electron chi connectivity index (χ2n) is 6.18. The third-order valence-corrected chi connectivity index (χ3v) is 4.97. The van der Waals surface area contributed by atoms with E-state index in [1.165, 1.54) is 30.1 Å². The second-order valence-corrected chi connectivity index (χ2v) is 7.19. The molecule has 0 aliphatic rings. The zero-order valence-corrected chi connectivity index (χ0v) is 15.8. The van der Waals surface area contributed by atoms with Gasteiger partial charge in [-0.1, -0.05) is 36.4 Å². The maximum Gasteiger partial charge on any atom is 0.325 e. The number of esters is 1. The highest BCUT2D eigenvalue weighted by Crippen LogP contribution is 2.23. The van der Waals surface area contributed by atoms with Gasteiger partial charge in [0.25, 0.3) is 0 Å². The molecule has 1 amide bonds. The molecule has 0 atom stereocenters. The number of carbonyl (C=O) groups is 2. The average molecular weight is 373 g/mol. The fourth-order valence-corrected chi connectivity index (χ4v) is 3.56. The van der Waals surface area contributed by atoms with Crippen molar-refractivity contribution in [3.8, 4) is 0 Å². The molecule has 0 fully saturated rings. The Balaban J connectivity index is 2.15. The van der Waals surface area contributed by atoms with Gasteiger partial charge in [0.15, 0.2) is 4.80 Å². The summed E-state index contributed by atoms with van der Waals surface area (Å²) in [6.07, 6.45) is 0. The largest absolute Gasteiger partial charge is 0.468 e. The Morgan fingerprint density at radius 1 is 1.35 bits per heavy atom. The lowest BCUT2D eigenvalue weighted by molar-refractivity contribution is -0.141. The number of amides is 1. The zero-order chi connectivity index (χ0) is 18.8. The van der Waals surface area contributed by atoms with Crippen LogP contribution in [0.2, 0.25) is 0 Å². The first kappa shape index (κ1) is 18.1. The third kappa shape index (κ3) is 3.60. The molecule has 7 nitrogen and oxygen atoms in total. The summed E-state index contributed by atoms with van der Waals surface area (Å²) < 4.78 is 12.4. The lowest BCUT2D eigenvalue weighted by atomic mass is 10.0. The van der Waals surface area contributed by atoms with Crippen LogP contribution < -0.4 is 4.80 Å². The molecule has 0 bridgehead atoms. The van der Waals surface area contributed by atoms with Crippen LogP contribution in [0, 0.1) is 6.92 Å². The van der Waals surface area contributed by atoms with E-state index in [2.05, 4.69) is 30.1 Å². The average Bonchev–Trinajstić information content (AvgIpc) is 3.18. The molecule has 0 spiro atoms. The first-order valence-corrected chi connectivity index (χ1v) is 8.93. The highest BCUT2D eigenvalue weighted by molar-refractivity contribution is 7.16. The normalized spacial score (nSPS) is 12.1. The fraction of sp³-hybridized carbons (Fsp3) is 0.333. The summed E-state index contributed by atoms with van der Waals surface area (Å²) in [5, 5.41) is 3.70. The van der Waals surface area contributed by atoms with Gasteiger partial charge in [0, 0.05) is 6.07 Å². The number of benzene rings is 1. The molecular formula is C18H19N3O4S. The van der Waals surface area contributed by atoms with Crippen molar-refractivity contribution < 1.29 is 18.8 Å². The molecule has 0 saturated heterocycles. The van der Waals surface area contributed by atoms with Gasteiger partial charge in [-0.3, -0.25) is 9.59 Å². The van der Waals surface area contributed by atoms with E-state index in [4.69, 9.17) is 9.26 Å². The predicted molar refractivity (Wildman–Crippen MR) is 97.1 cm³/mol. The minimum atomic E-state index is -0.542. The van der Waals surface area contributed by atoms with Crippen molar-refractivity contribution in [2.75, 3.05) is 7.11 Å². The smallest absolute Gasteiger partial charge is 0.325 e. The summed E-state index contributed by atoms with van der Waals surface area (Å²) >= 11 is 1.34. The lowest BCUT2D eigenvalue weighted by Gasteiger charge is -2.06. The molecule has 0 saturated carbocycles. The summed E-state index contributed by atoms with van der Waals surface area (Å²) in [5.41, 5.74) is 2.60. The van der Waals surface area contributed by atoms with Crippen LogP contribution in [0.15, 0.2) is 33.8 Å². The number of hydrogen-bond donors (Lipinski definition) is 0. The fourth-order valence-electron chi connectivity index (χ4n) is 2.49. The SMILES string of the molecule is COC(=O)Cn1c(=NC(=O)c2cc(C)no2)sc2cc(C(C)C)ccc21. The van der Waals surface area contributed by atoms with Crippen LogP contribution in [-0.4, -0.2) is 28.7 Å². The van der Waals surface area contributed by atoms with Crippen molar-refractivity contribution in [1.82, 2.24) is 9.72 Å². The van der Waals surface area contributed by atoms with E-state index in [0.717, 1.165) is 10.2 Å². The van der Waals surface area contributed by atoms with E-state index in [1.54, 1.807) is 11.5 Å². The van der Waals surface area contributed by atoms with Crippen LogP contribution in [-0.2, 0) is 16.1 Å². The van der Waals surface area contributed by atoms with Crippen molar-refractivity contribution in [3.63, 3.8) is 0 Å². The van der Waals surface area contributed by atoms with E-state index in [-0.39, 0.29) is 12.3 Å². The molecule has 3 aromatic rings. The molecule has 0 aliphatic heterocycles. The molecule has 8 heteroatoms. The number of methoxy groups -OCH3 is 1. The maximum absolute atomic E-state index is 12.4. The van der Waals surface area contributed by atoms with Crippen LogP contribution in [0.25, 0.3) is 10.2 Å². The van der Waals surface area contributed by atoms with Gasteiger partial charge >= 0.3 is 11.9 Å². The number of hydrogen-bond acceptors (Lipinski definition) is 6. The Hall–Kier alpha value is -2.74. The van der Waals surface area contributed by atoms with E-state index in [9.17, 15) is 9.59 Å². The van der Waals surface area contributed by atoms with Gasteiger partial charge in [0.1, 0.15) is 6.54 Å². The molecule has 0 N–H and O–H groups in total. The molecular weight excluding hydrogens is 354 g/mol. The Labute approximate surface area is 153 Å². The predicted octanol–water partition coefficient (Wildman–Crippen LogP) is 3.04. The Morgan fingerprint density at radius 3 is 2.73 bits per heavy atom. The molecule has 26 heavy (non-hydrogen) atoms. The quantitative estimate of drug-likeness (QED) is 0.656.